The Balaban J connectivity index is 1.57. The van der Waals surface area contributed by atoms with Crippen molar-refractivity contribution in [1.29, 1.82) is 0 Å². The molecule has 7 heteroatoms. The number of benzene rings is 1. The van der Waals surface area contributed by atoms with E-state index in [0.29, 0.717) is 30.2 Å². The van der Waals surface area contributed by atoms with Crippen molar-refractivity contribution in [3.8, 4) is 0 Å². The first-order valence-electron chi connectivity index (χ1n) is 9.59. The van der Waals surface area contributed by atoms with E-state index in [0.717, 1.165) is 25.0 Å². The lowest BCUT2D eigenvalue weighted by molar-refractivity contribution is -0.114. The van der Waals surface area contributed by atoms with Gasteiger partial charge in [-0.15, -0.1) is 0 Å². The molecule has 1 aromatic carbocycles. The molecule has 7 nitrogen and oxygen atoms in total. The van der Waals surface area contributed by atoms with Crippen LogP contribution in [0.3, 0.4) is 0 Å². The Morgan fingerprint density at radius 1 is 1.32 bits per heavy atom. The van der Waals surface area contributed by atoms with E-state index < -0.39 is 0 Å². The molecular weight excluding hydrogens is 356 g/mol. The van der Waals surface area contributed by atoms with Gasteiger partial charge in [-0.05, 0) is 31.4 Å². The predicted molar refractivity (Wildman–Crippen MR) is 106 cm³/mol. The SMILES string of the molecule is Cc1ccc(CN(CC2CCCO2)C(=O)c2cnc3c(c2)NC(=O)CN3)cc1. The second kappa shape index (κ2) is 7.98. The minimum Gasteiger partial charge on any atom is -0.376 e. The van der Waals surface area contributed by atoms with E-state index in [1.54, 1.807) is 12.3 Å². The second-order valence-electron chi connectivity index (χ2n) is 7.33. The Labute approximate surface area is 164 Å². The highest BCUT2D eigenvalue weighted by Crippen LogP contribution is 2.24. The summed E-state index contributed by atoms with van der Waals surface area (Å²) in [4.78, 5) is 31.0. The lowest BCUT2D eigenvalue weighted by atomic mass is 10.1. The number of fused-ring (bicyclic) bond motifs is 1. The van der Waals surface area contributed by atoms with Crippen molar-refractivity contribution < 1.29 is 14.3 Å². The lowest BCUT2D eigenvalue weighted by Crippen LogP contribution is -2.37. The maximum absolute atomic E-state index is 13.3. The van der Waals surface area contributed by atoms with Crippen molar-refractivity contribution in [2.45, 2.75) is 32.4 Å². The zero-order valence-electron chi connectivity index (χ0n) is 15.9. The molecule has 0 spiro atoms. The zero-order valence-corrected chi connectivity index (χ0v) is 15.9. The summed E-state index contributed by atoms with van der Waals surface area (Å²) in [5.74, 6) is 0.321. The highest BCUT2D eigenvalue weighted by atomic mass is 16.5. The molecule has 0 radical (unpaired) electrons. The van der Waals surface area contributed by atoms with E-state index in [4.69, 9.17) is 4.74 Å². The second-order valence-corrected chi connectivity index (χ2v) is 7.33. The van der Waals surface area contributed by atoms with Gasteiger partial charge in [-0.1, -0.05) is 29.8 Å². The van der Waals surface area contributed by atoms with Gasteiger partial charge in [0.25, 0.3) is 5.91 Å². The fourth-order valence-corrected chi connectivity index (χ4v) is 3.53. The zero-order chi connectivity index (χ0) is 19.5. The summed E-state index contributed by atoms with van der Waals surface area (Å²) in [5, 5.41) is 5.71. The number of carbonyl (C=O) groups excluding carboxylic acids is 2. The summed E-state index contributed by atoms with van der Waals surface area (Å²) in [6.45, 7) is 4.01. The number of nitrogens with zero attached hydrogens (tertiary/aromatic N) is 2. The molecule has 1 saturated heterocycles. The van der Waals surface area contributed by atoms with Crippen LogP contribution in [0.4, 0.5) is 11.5 Å². The summed E-state index contributed by atoms with van der Waals surface area (Å²) in [6.07, 6.45) is 3.60. The van der Waals surface area contributed by atoms with Gasteiger partial charge >= 0.3 is 0 Å². The third-order valence-corrected chi connectivity index (χ3v) is 5.05. The van der Waals surface area contributed by atoms with Crippen molar-refractivity contribution in [2.75, 3.05) is 30.3 Å². The van der Waals surface area contributed by atoms with Crippen LogP contribution < -0.4 is 10.6 Å². The molecule has 4 rings (SSSR count). The molecule has 28 heavy (non-hydrogen) atoms. The molecule has 1 fully saturated rings. The van der Waals surface area contributed by atoms with Crippen molar-refractivity contribution in [3.05, 3.63) is 53.2 Å². The standard InChI is InChI=1S/C21H24N4O3/c1-14-4-6-15(7-5-14)12-25(13-17-3-2-8-28-17)21(27)16-9-18-20(22-10-16)23-11-19(26)24-18/h4-7,9-10,17H,2-3,8,11-13H2,1H3,(H,22,23)(H,24,26). The number of amides is 2. The molecule has 0 aliphatic carbocycles. The maximum atomic E-state index is 13.3. The van der Waals surface area contributed by atoms with Gasteiger partial charge in [0, 0.05) is 25.9 Å². The van der Waals surface area contributed by atoms with Crippen LogP contribution in [0.1, 0.15) is 34.3 Å². The Bertz CT molecular complexity index is 876. The highest BCUT2D eigenvalue weighted by molar-refractivity contribution is 6.02. The maximum Gasteiger partial charge on any atom is 0.255 e. The van der Waals surface area contributed by atoms with Gasteiger partial charge in [0.2, 0.25) is 5.91 Å². The van der Waals surface area contributed by atoms with Gasteiger partial charge in [0.05, 0.1) is 23.9 Å². The predicted octanol–water partition coefficient (Wildman–Crippen LogP) is 2.58. The van der Waals surface area contributed by atoms with E-state index in [-0.39, 0.29) is 24.5 Å². The minimum absolute atomic E-state index is 0.0568. The van der Waals surface area contributed by atoms with E-state index in [1.807, 2.05) is 36.1 Å². The molecule has 1 aromatic heterocycles. The van der Waals surface area contributed by atoms with Crippen LogP contribution in [0.5, 0.6) is 0 Å². The molecule has 2 aromatic rings. The number of ether oxygens (including phenoxy) is 1. The number of aromatic nitrogens is 1. The first kappa shape index (κ1) is 18.4. The topological polar surface area (TPSA) is 83.6 Å². The lowest BCUT2D eigenvalue weighted by Gasteiger charge is -2.26. The van der Waals surface area contributed by atoms with Crippen molar-refractivity contribution in [1.82, 2.24) is 9.88 Å². The van der Waals surface area contributed by atoms with Gasteiger partial charge in [0.15, 0.2) is 0 Å². The van der Waals surface area contributed by atoms with E-state index >= 15 is 0 Å². The molecule has 146 valence electrons. The first-order chi connectivity index (χ1) is 13.6. The molecule has 1 unspecified atom stereocenters. The number of pyridine rings is 1. The van der Waals surface area contributed by atoms with Gasteiger partial charge in [0.1, 0.15) is 5.82 Å². The molecule has 2 amide bonds. The summed E-state index contributed by atoms with van der Waals surface area (Å²) in [5.41, 5.74) is 3.24. The van der Waals surface area contributed by atoms with Crippen LogP contribution in [0.2, 0.25) is 0 Å². The molecule has 2 aliphatic rings. The Kier molecular flexibility index (Phi) is 5.25. The summed E-state index contributed by atoms with van der Waals surface area (Å²) >= 11 is 0. The summed E-state index contributed by atoms with van der Waals surface area (Å²) in [6, 6.07) is 9.87. The van der Waals surface area contributed by atoms with Crippen molar-refractivity contribution >= 4 is 23.3 Å². The van der Waals surface area contributed by atoms with E-state index in [9.17, 15) is 9.59 Å². The summed E-state index contributed by atoms with van der Waals surface area (Å²) < 4.78 is 5.75. The number of carbonyl (C=O) groups is 2. The van der Waals surface area contributed by atoms with Crippen molar-refractivity contribution in [3.63, 3.8) is 0 Å². The van der Waals surface area contributed by atoms with E-state index in [1.165, 1.54) is 5.56 Å². The van der Waals surface area contributed by atoms with Crippen LogP contribution in [-0.2, 0) is 16.1 Å². The van der Waals surface area contributed by atoms with Crippen molar-refractivity contribution in [2.24, 2.45) is 0 Å². The van der Waals surface area contributed by atoms with Gasteiger partial charge < -0.3 is 20.3 Å². The number of aryl methyl sites for hydroxylation is 1. The number of rotatable bonds is 5. The van der Waals surface area contributed by atoms with Gasteiger partial charge in [-0.2, -0.15) is 0 Å². The average molecular weight is 380 g/mol. The fourth-order valence-electron chi connectivity index (χ4n) is 3.53. The molecular formula is C21H24N4O3. The third-order valence-electron chi connectivity index (χ3n) is 5.05. The van der Waals surface area contributed by atoms with Gasteiger partial charge in [-0.25, -0.2) is 4.98 Å². The largest absolute Gasteiger partial charge is 0.376 e. The minimum atomic E-state index is -0.144. The monoisotopic (exact) mass is 380 g/mol. The first-order valence-corrected chi connectivity index (χ1v) is 9.59. The average Bonchev–Trinajstić information content (AvgIpc) is 3.21. The number of anilines is 2. The quantitative estimate of drug-likeness (QED) is 0.833. The number of hydrogen-bond acceptors (Lipinski definition) is 5. The van der Waals surface area contributed by atoms with Crippen LogP contribution in [-0.4, -0.2) is 47.5 Å². The smallest absolute Gasteiger partial charge is 0.255 e. The third kappa shape index (κ3) is 4.14. The Morgan fingerprint density at radius 3 is 2.89 bits per heavy atom. The van der Waals surface area contributed by atoms with Crippen LogP contribution in [0.15, 0.2) is 36.5 Å². The van der Waals surface area contributed by atoms with Crippen LogP contribution in [0.25, 0.3) is 0 Å². The number of nitrogens with one attached hydrogen (secondary N) is 2. The molecule has 2 N–H and O–H groups in total. The highest BCUT2D eigenvalue weighted by Gasteiger charge is 2.25. The van der Waals surface area contributed by atoms with E-state index in [2.05, 4.69) is 15.6 Å². The Morgan fingerprint density at radius 2 is 2.14 bits per heavy atom. The molecule has 3 heterocycles. The fraction of sp³-hybridized carbons (Fsp3) is 0.381. The molecule has 0 bridgehead atoms. The Hall–Kier alpha value is -2.93. The molecule has 0 saturated carbocycles. The normalized spacial score (nSPS) is 18.2. The number of hydrogen-bond donors (Lipinski definition) is 2. The molecule has 2 aliphatic heterocycles. The van der Waals surface area contributed by atoms with Gasteiger partial charge in [-0.3, -0.25) is 9.59 Å². The van der Waals surface area contributed by atoms with Crippen LogP contribution in [0, 0.1) is 6.92 Å². The van der Waals surface area contributed by atoms with Crippen LogP contribution >= 0.6 is 0 Å². The molecule has 1 atom stereocenters. The summed E-state index contributed by atoms with van der Waals surface area (Å²) in [7, 11) is 0.